The highest BCUT2D eigenvalue weighted by Gasteiger charge is 2.05. The molecule has 0 bridgehead atoms. The van der Waals surface area contributed by atoms with E-state index in [1.807, 2.05) is 36.4 Å². The molecule has 0 unspecified atom stereocenters. The Morgan fingerprint density at radius 1 is 1.05 bits per heavy atom. The van der Waals surface area contributed by atoms with Gasteiger partial charge >= 0.3 is 0 Å². The van der Waals surface area contributed by atoms with Crippen LogP contribution in [-0.2, 0) is 11.2 Å². The predicted octanol–water partition coefficient (Wildman–Crippen LogP) is 4.75. The molecule has 20 heavy (non-hydrogen) atoms. The number of rotatable bonds is 4. The molecule has 1 amide bonds. The molecule has 0 saturated carbocycles. The SMILES string of the molecule is CC(C)c1ccc(CC(=O)Nc2ccc(Br)cc2)cc1. The maximum absolute atomic E-state index is 12.0. The summed E-state index contributed by atoms with van der Waals surface area (Å²) in [5.41, 5.74) is 3.14. The van der Waals surface area contributed by atoms with Gasteiger partial charge in [0.05, 0.1) is 6.42 Å². The summed E-state index contributed by atoms with van der Waals surface area (Å²) in [6.45, 7) is 4.32. The average Bonchev–Trinajstić information content (AvgIpc) is 2.42. The van der Waals surface area contributed by atoms with Crippen molar-refractivity contribution in [2.24, 2.45) is 0 Å². The first-order chi connectivity index (χ1) is 9.54. The Bertz CT molecular complexity index is 573. The molecule has 0 aromatic heterocycles. The highest BCUT2D eigenvalue weighted by Crippen LogP contribution is 2.16. The maximum Gasteiger partial charge on any atom is 0.228 e. The van der Waals surface area contributed by atoms with Crippen LogP contribution in [0.4, 0.5) is 5.69 Å². The van der Waals surface area contributed by atoms with Crippen molar-refractivity contribution in [3.63, 3.8) is 0 Å². The van der Waals surface area contributed by atoms with Crippen molar-refractivity contribution in [1.29, 1.82) is 0 Å². The molecule has 104 valence electrons. The molecule has 0 saturated heterocycles. The van der Waals surface area contributed by atoms with E-state index in [1.54, 1.807) is 0 Å². The molecule has 0 radical (unpaired) electrons. The third-order valence-electron chi connectivity index (χ3n) is 3.14. The maximum atomic E-state index is 12.0. The van der Waals surface area contributed by atoms with E-state index in [2.05, 4.69) is 47.2 Å². The van der Waals surface area contributed by atoms with Crippen LogP contribution < -0.4 is 5.32 Å². The number of carbonyl (C=O) groups is 1. The van der Waals surface area contributed by atoms with Gasteiger partial charge in [0, 0.05) is 10.2 Å². The van der Waals surface area contributed by atoms with E-state index < -0.39 is 0 Å². The van der Waals surface area contributed by atoms with Gasteiger partial charge in [-0.05, 0) is 41.3 Å². The van der Waals surface area contributed by atoms with Crippen LogP contribution >= 0.6 is 15.9 Å². The van der Waals surface area contributed by atoms with Crippen LogP contribution in [0.5, 0.6) is 0 Å². The lowest BCUT2D eigenvalue weighted by Gasteiger charge is -2.08. The molecule has 3 heteroatoms. The van der Waals surface area contributed by atoms with Gasteiger partial charge in [0.2, 0.25) is 5.91 Å². The number of carbonyl (C=O) groups excluding carboxylic acids is 1. The van der Waals surface area contributed by atoms with Crippen molar-refractivity contribution >= 4 is 27.5 Å². The number of amides is 1. The van der Waals surface area contributed by atoms with Crippen molar-refractivity contribution in [2.75, 3.05) is 5.32 Å². The Hall–Kier alpha value is -1.61. The number of hydrogen-bond donors (Lipinski definition) is 1. The Kier molecular flexibility index (Phi) is 4.96. The molecule has 0 fully saturated rings. The molecule has 2 aromatic carbocycles. The highest BCUT2D eigenvalue weighted by atomic mass is 79.9. The summed E-state index contributed by atoms with van der Waals surface area (Å²) >= 11 is 3.37. The first-order valence-electron chi connectivity index (χ1n) is 6.69. The second kappa shape index (κ2) is 6.71. The quantitative estimate of drug-likeness (QED) is 0.860. The number of hydrogen-bond acceptors (Lipinski definition) is 1. The van der Waals surface area contributed by atoms with Gasteiger partial charge in [-0.2, -0.15) is 0 Å². The Morgan fingerprint density at radius 2 is 1.65 bits per heavy atom. The third-order valence-corrected chi connectivity index (χ3v) is 3.67. The van der Waals surface area contributed by atoms with Crippen LogP contribution in [0.15, 0.2) is 53.0 Å². The molecular formula is C17H18BrNO. The summed E-state index contributed by atoms with van der Waals surface area (Å²) in [5.74, 6) is 0.519. The van der Waals surface area contributed by atoms with Crippen molar-refractivity contribution in [3.8, 4) is 0 Å². The fraction of sp³-hybridized carbons (Fsp3) is 0.235. The van der Waals surface area contributed by atoms with Gasteiger partial charge in [-0.25, -0.2) is 0 Å². The van der Waals surface area contributed by atoms with E-state index in [9.17, 15) is 4.79 Å². The number of nitrogens with one attached hydrogen (secondary N) is 1. The summed E-state index contributed by atoms with van der Waals surface area (Å²) in [6, 6.07) is 15.8. The van der Waals surface area contributed by atoms with Gasteiger partial charge in [0.25, 0.3) is 0 Å². The zero-order valence-electron chi connectivity index (χ0n) is 11.7. The predicted molar refractivity (Wildman–Crippen MR) is 87.0 cm³/mol. The minimum absolute atomic E-state index is 0.00428. The fourth-order valence-electron chi connectivity index (χ4n) is 1.94. The minimum Gasteiger partial charge on any atom is -0.326 e. The van der Waals surface area contributed by atoms with Crippen LogP contribution in [0, 0.1) is 0 Å². The monoisotopic (exact) mass is 331 g/mol. The summed E-state index contributed by atoms with van der Waals surface area (Å²) < 4.78 is 1.000. The molecule has 0 heterocycles. The van der Waals surface area contributed by atoms with Gasteiger partial charge in [0.1, 0.15) is 0 Å². The lowest BCUT2D eigenvalue weighted by atomic mass is 10.0. The topological polar surface area (TPSA) is 29.1 Å². The van der Waals surface area contributed by atoms with Crippen LogP contribution in [0.2, 0.25) is 0 Å². The number of halogens is 1. The molecule has 0 aliphatic carbocycles. The first kappa shape index (κ1) is 14.8. The molecule has 1 N–H and O–H groups in total. The summed E-state index contributed by atoms with van der Waals surface area (Å²) in [4.78, 5) is 12.0. The molecule has 0 atom stereocenters. The second-order valence-corrected chi connectivity index (χ2v) is 6.04. The van der Waals surface area contributed by atoms with E-state index in [0.29, 0.717) is 12.3 Å². The molecular weight excluding hydrogens is 314 g/mol. The van der Waals surface area contributed by atoms with Crippen molar-refractivity contribution in [3.05, 3.63) is 64.1 Å². The second-order valence-electron chi connectivity index (χ2n) is 5.13. The molecule has 0 aliphatic heterocycles. The molecule has 2 aromatic rings. The number of benzene rings is 2. The van der Waals surface area contributed by atoms with E-state index in [-0.39, 0.29) is 5.91 Å². The van der Waals surface area contributed by atoms with Crippen LogP contribution in [-0.4, -0.2) is 5.91 Å². The third kappa shape index (κ3) is 4.20. The van der Waals surface area contributed by atoms with Crippen LogP contribution in [0.25, 0.3) is 0 Å². The minimum atomic E-state index is 0.00428. The smallest absolute Gasteiger partial charge is 0.228 e. The molecule has 2 rings (SSSR count). The molecule has 0 spiro atoms. The van der Waals surface area contributed by atoms with Gasteiger partial charge in [-0.15, -0.1) is 0 Å². The van der Waals surface area contributed by atoms with E-state index in [4.69, 9.17) is 0 Å². The summed E-state index contributed by atoms with van der Waals surface area (Å²) in [5, 5.41) is 2.90. The van der Waals surface area contributed by atoms with Gasteiger partial charge in [-0.3, -0.25) is 4.79 Å². The zero-order chi connectivity index (χ0) is 14.5. The van der Waals surface area contributed by atoms with E-state index in [1.165, 1.54) is 5.56 Å². The first-order valence-corrected chi connectivity index (χ1v) is 7.48. The Labute approximate surface area is 128 Å². The number of anilines is 1. The van der Waals surface area contributed by atoms with Crippen LogP contribution in [0.3, 0.4) is 0 Å². The van der Waals surface area contributed by atoms with E-state index >= 15 is 0 Å². The fourth-order valence-corrected chi connectivity index (χ4v) is 2.21. The summed E-state index contributed by atoms with van der Waals surface area (Å²) in [7, 11) is 0. The van der Waals surface area contributed by atoms with Gasteiger partial charge in [-0.1, -0.05) is 54.0 Å². The van der Waals surface area contributed by atoms with Crippen molar-refractivity contribution < 1.29 is 4.79 Å². The Balaban J connectivity index is 1.95. The lowest BCUT2D eigenvalue weighted by molar-refractivity contribution is -0.115. The average molecular weight is 332 g/mol. The zero-order valence-corrected chi connectivity index (χ0v) is 13.3. The van der Waals surface area contributed by atoms with Crippen LogP contribution in [0.1, 0.15) is 30.9 Å². The highest BCUT2D eigenvalue weighted by molar-refractivity contribution is 9.10. The molecule has 0 aliphatic rings. The van der Waals surface area contributed by atoms with E-state index in [0.717, 1.165) is 15.7 Å². The van der Waals surface area contributed by atoms with Gasteiger partial charge < -0.3 is 5.32 Å². The Morgan fingerprint density at radius 3 is 2.20 bits per heavy atom. The van der Waals surface area contributed by atoms with Crippen molar-refractivity contribution in [1.82, 2.24) is 0 Å². The van der Waals surface area contributed by atoms with Crippen molar-refractivity contribution in [2.45, 2.75) is 26.2 Å². The standard InChI is InChI=1S/C17H18BrNO/c1-12(2)14-5-3-13(4-6-14)11-17(20)19-16-9-7-15(18)8-10-16/h3-10,12H,11H2,1-2H3,(H,19,20). The largest absolute Gasteiger partial charge is 0.326 e. The molecule has 2 nitrogen and oxygen atoms in total. The summed E-state index contributed by atoms with van der Waals surface area (Å²) in [6.07, 6.45) is 0.397. The van der Waals surface area contributed by atoms with Gasteiger partial charge in [0.15, 0.2) is 0 Å². The lowest BCUT2D eigenvalue weighted by Crippen LogP contribution is -2.14. The normalized spacial score (nSPS) is 10.6.